The maximum atomic E-state index is 5.41. The van der Waals surface area contributed by atoms with Gasteiger partial charge in [0, 0.05) is 47.4 Å². The molecule has 11 rings (SSSR count). The fraction of sp³-hybridized carbons (Fsp3) is 0. The van der Waals surface area contributed by atoms with Crippen molar-refractivity contribution in [2.45, 2.75) is 0 Å². The van der Waals surface area contributed by atoms with Gasteiger partial charge in [-0.1, -0.05) is 102 Å². The molecule has 5 heteroatoms. The third kappa shape index (κ3) is 3.23. The van der Waals surface area contributed by atoms with Gasteiger partial charge in [-0.15, -0.1) is 11.3 Å². The van der Waals surface area contributed by atoms with Crippen molar-refractivity contribution in [3.05, 3.63) is 140 Å². The summed E-state index contributed by atoms with van der Waals surface area (Å²) < 4.78 is 8.61. The van der Waals surface area contributed by atoms with E-state index >= 15 is 0 Å². The highest BCUT2D eigenvalue weighted by atomic mass is 32.1. The number of hydrogen-bond donors (Lipinski definition) is 0. The van der Waals surface area contributed by atoms with Crippen molar-refractivity contribution in [1.82, 2.24) is 14.1 Å². The van der Waals surface area contributed by atoms with Crippen LogP contribution in [0.5, 0.6) is 0 Å². The molecule has 0 radical (unpaired) electrons. The van der Waals surface area contributed by atoms with Crippen LogP contribution in [0.15, 0.2) is 140 Å². The first-order valence-corrected chi connectivity index (χ1v) is 17.1. The highest BCUT2D eigenvalue weighted by Crippen LogP contribution is 2.43. The molecule has 0 unspecified atom stereocenters. The lowest BCUT2D eigenvalue weighted by Gasteiger charge is -2.10. The van der Waals surface area contributed by atoms with Crippen molar-refractivity contribution in [3.63, 3.8) is 0 Å². The van der Waals surface area contributed by atoms with Crippen LogP contribution >= 0.6 is 22.7 Å². The molecule has 0 aliphatic rings. The molecule has 0 N–H and O–H groups in total. The van der Waals surface area contributed by atoms with Crippen molar-refractivity contribution in [2.75, 3.05) is 0 Å². The lowest BCUT2D eigenvalue weighted by Crippen LogP contribution is -1.96. The van der Waals surface area contributed by atoms with E-state index in [1.54, 1.807) is 11.3 Å². The molecule has 0 atom stereocenters. The summed E-state index contributed by atoms with van der Waals surface area (Å²) in [7, 11) is 0. The Morgan fingerprint density at radius 2 is 1.11 bits per heavy atom. The highest BCUT2D eigenvalue weighted by Gasteiger charge is 2.20. The number of fused-ring (bicyclic) bond motifs is 13. The second-order valence-corrected chi connectivity index (χ2v) is 14.1. The van der Waals surface area contributed by atoms with Gasteiger partial charge in [0.2, 0.25) is 0 Å². The van der Waals surface area contributed by atoms with Gasteiger partial charge in [-0.2, -0.15) is 0 Å². The summed E-state index contributed by atoms with van der Waals surface area (Å²) in [5.74, 6) is 0. The lowest BCUT2D eigenvalue weighted by molar-refractivity contribution is 1.14. The van der Waals surface area contributed by atoms with E-state index in [9.17, 15) is 0 Å². The van der Waals surface area contributed by atoms with E-state index in [0.29, 0.717) is 0 Å². The monoisotopic (exact) mass is 621 g/mol. The van der Waals surface area contributed by atoms with Gasteiger partial charge >= 0.3 is 0 Å². The average molecular weight is 622 g/mol. The van der Waals surface area contributed by atoms with Gasteiger partial charge in [-0.3, -0.25) is 4.57 Å². The van der Waals surface area contributed by atoms with Gasteiger partial charge in [0.05, 0.1) is 32.3 Å². The Bertz CT molecular complexity index is 3040. The summed E-state index contributed by atoms with van der Waals surface area (Å²) in [6.07, 6.45) is 0. The number of hydrogen-bond acceptors (Lipinski definition) is 3. The van der Waals surface area contributed by atoms with Gasteiger partial charge in [0.1, 0.15) is 0 Å². The zero-order valence-electron chi connectivity index (χ0n) is 24.4. The maximum absolute atomic E-state index is 5.41. The van der Waals surface area contributed by atoms with Crippen molar-refractivity contribution in [3.8, 4) is 10.8 Å². The molecule has 7 aromatic carbocycles. The van der Waals surface area contributed by atoms with Crippen LogP contribution < -0.4 is 0 Å². The topological polar surface area (TPSA) is 22.8 Å². The van der Waals surface area contributed by atoms with Crippen LogP contribution in [0.2, 0.25) is 0 Å². The first-order chi connectivity index (χ1) is 22.8. The number of aromatic nitrogens is 3. The van der Waals surface area contributed by atoms with Crippen molar-refractivity contribution in [2.24, 2.45) is 0 Å². The normalized spacial score (nSPS) is 12.3. The maximum Gasteiger partial charge on any atom is 0.195 e. The molecule has 0 aliphatic heterocycles. The van der Waals surface area contributed by atoms with E-state index in [-0.39, 0.29) is 0 Å². The summed E-state index contributed by atoms with van der Waals surface area (Å²) in [6, 6.07) is 50.9. The average Bonchev–Trinajstić information content (AvgIpc) is 3.86. The van der Waals surface area contributed by atoms with Crippen molar-refractivity contribution in [1.29, 1.82) is 0 Å². The lowest BCUT2D eigenvalue weighted by atomic mass is 10.0. The van der Waals surface area contributed by atoms with Gasteiger partial charge in [0.15, 0.2) is 5.13 Å². The molecule has 0 amide bonds. The standard InChI is InChI=1S/C41H23N3S2/c1-2-10-26-24(9-1)17-20-33-38(26)29-12-4-7-15-32(29)43(33)25-18-19-28-27-11-3-6-14-31(27)44(34(28)23-25)41-42-40-37(46-41)22-21-36-39(40)30-13-5-8-16-35(30)45-36/h1-23H. The largest absolute Gasteiger partial charge is 0.309 e. The number of para-hydroxylation sites is 2. The Morgan fingerprint density at radius 1 is 0.413 bits per heavy atom. The van der Waals surface area contributed by atoms with Crippen LogP contribution in [0.3, 0.4) is 0 Å². The van der Waals surface area contributed by atoms with Gasteiger partial charge in [-0.05, 0) is 59.3 Å². The predicted molar refractivity (Wildman–Crippen MR) is 199 cm³/mol. The molecular weight excluding hydrogens is 599 g/mol. The van der Waals surface area contributed by atoms with Crippen LogP contribution in [-0.4, -0.2) is 14.1 Å². The quantitative estimate of drug-likeness (QED) is 0.188. The van der Waals surface area contributed by atoms with E-state index in [2.05, 4.69) is 149 Å². The second kappa shape index (κ2) is 9.04. The molecule has 4 aromatic heterocycles. The first-order valence-electron chi connectivity index (χ1n) is 15.5. The molecule has 0 spiro atoms. The van der Waals surface area contributed by atoms with Crippen LogP contribution in [0.4, 0.5) is 0 Å². The molecule has 11 aromatic rings. The number of thiazole rings is 1. The minimum atomic E-state index is 0.995. The molecule has 4 heterocycles. The summed E-state index contributed by atoms with van der Waals surface area (Å²) in [4.78, 5) is 5.41. The summed E-state index contributed by atoms with van der Waals surface area (Å²) in [6.45, 7) is 0. The summed E-state index contributed by atoms with van der Waals surface area (Å²) >= 11 is 3.62. The van der Waals surface area contributed by atoms with Crippen molar-refractivity contribution < 1.29 is 0 Å². The Morgan fingerprint density at radius 3 is 2.00 bits per heavy atom. The van der Waals surface area contributed by atoms with Gasteiger partial charge in [-0.25, -0.2) is 4.98 Å². The molecule has 0 saturated heterocycles. The number of rotatable bonds is 2. The van der Waals surface area contributed by atoms with Crippen LogP contribution in [0.1, 0.15) is 0 Å². The Labute approximate surface area is 270 Å². The van der Waals surface area contributed by atoms with Crippen LogP contribution in [0, 0.1) is 0 Å². The van der Waals surface area contributed by atoms with Gasteiger partial charge in [0.25, 0.3) is 0 Å². The minimum absolute atomic E-state index is 0.995. The Hall–Kier alpha value is -5.49. The van der Waals surface area contributed by atoms with E-state index in [1.807, 2.05) is 11.3 Å². The van der Waals surface area contributed by atoms with Crippen LogP contribution in [0.25, 0.3) is 95.6 Å². The molecule has 46 heavy (non-hydrogen) atoms. The Kier molecular flexibility index (Phi) is 4.87. The van der Waals surface area contributed by atoms with E-state index in [0.717, 1.165) is 21.9 Å². The van der Waals surface area contributed by atoms with E-state index in [1.165, 1.54) is 73.7 Å². The second-order valence-electron chi connectivity index (χ2n) is 12.0. The van der Waals surface area contributed by atoms with Crippen molar-refractivity contribution >= 4 is 107 Å². The SMILES string of the molecule is c1ccc2c(c1)ccc1c2c2ccccc2n1-c1ccc2c3ccccc3n(-c3nc4c(ccc5sc6ccccc6c54)s3)c2c1. The first kappa shape index (κ1) is 24.8. The molecule has 3 nitrogen and oxygen atoms in total. The molecule has 214 valence electrons. The van der Waals surface area contributed by atoms with E-state index < -0.39 is 0 Å². The number of benzene rings is 7. The smallest absolute Gasteiger partial charge is 0.195 e. The van der Waals surface area contributed by atoms with Gasteiger partial charge < -0.3 is 4.57 Å². The fourth-order valence-electron chi connectivity index (χ4n) is 7.61. The Balaban J connectivity index is 1.23. The zero-order chi connectivity index (χ0) is 29.9. The summed E-state index contributed by atoms with van der Waals surface area (Å²) in [5.41, 5.74) is 7.00. The molecule has 0 saturated carbocycles. The number of nitrogens with zero attached hydrogens (tertiary/aromatic N) is 3. The highest BCUT2D eigenvalue weighted by molar-refractivity contribution is 7.26. The zero-order valence-corrected chi connectivity index (χ0v) is 26.1. The van der Waals surface area contributed by atoms with E-state index in [4.69, 9.17) is 4.98 Å². The molecule has 0 fully saturated rings. The molecule has 0 aliphatic carbocycles. The van der Waals surface area contributed by atoms with Crippen LogP contribution in [-0.2, 0) is 0 Å². The predicted octanol–water partition coefficient (Wildman–Crippen LogP) is 12.0. The molecule has 0 bridgehead atoms. The minimum Gasteiger partial charge on any atom is -0.309 e. The third-order valence-corrected chi connectivity index (χ3v) is 11.7. The molecular formula is C41H23N3S2. The third-order valence-electron chi connectivity index (χ3n) is 9.56. The fourth-order valence-corrected chi connectivity index (χ4v) is 9.72. The summed E-state index contributed by atoms with van der Waals surface area (Å²) in [5, 5.41) is 11.1. The number of thiophene rings is 1.